The lowest BCUT2D eigenvalue weighted by Crippen LogP contribution is -2.75. The van der Waals surface area contributed by atoms with Crippen LogP contribution in [0.1, 0.15) is 86.3 Å². The van der Waals surface area contributed by atoms with Crippen molar-refractivity contribution in [2.24, 2.45) is 35.0 Å². The number of fused-ring (bicyclic) bond motifs is 2. The number of rotatable bonds is 11. The summed E-state index contributed by atoms with van der Waals surface area (Å²) in [6.07, 6.45) is -5.13. The second-order valence-electron chi connectivity index (χ2n) is 16.8. The first-order chi connectivity index (χ1) is 24.2. The topological polar surface area (TPSA) is 207 Å². The Bertz CT molecular complexity index is 1530. The van der Waals surface area contributed by atoms with Gasteiger partial charge in [-0.3, -0.25) is 14.4 Å². The van der Waals surface area contributed by atoms with Gasteiger partial charge < -0.3 is 44.9 Å². The van der Waals surface area contributed by atoms with Gasteiger partial charge in [-0.2, -0.15) is 0 Å². The zero-order valence-electron chi connectivity index (χ0n) is 31.2. The Hall–Kier alpha value is -3.59. The van der Waals surface area contributed by atoms with Gasteiger partial charge in [0.2, 0.25) is 0 Å². The third-order valence-corrected chi connectivity index (χ3v) is 11.9. The number of urea groups is 1. The van der Waals surface area contributed by atoms with Gasteiger partial charge in [-0.05, 0) is 51.0 Å². The molecule has 4 aliphatic rings. The van der Waals surface area contributed by atoms with Crippen molar-refractivity contribution in [2.75, 3.05) is 6.61 Å². The molecule has 2 unspecified atom stereocenters. The molecule has 1 saturated heterocycles. The number of carbonyl (C=O) groups is 5. The van der Waals surface area contributed by atoms with Gasteiger partial charge in [-0.25, -0.2) is 9.59 Å². The van der Waals surface area contributed by atoms with E-state index in [1.54, 1.807) is 71.9 Å². The smallest absolute Gasteiger partial charge is 0.337 e. The van der Waals surface area contributed by atoms with Crippen LogP contribution in [0.4, 0.5) is 4.79 Å². The van der Waals surface area contributed by atoms with Crippen LogP contribution in [-0.4, -0.2) is 99.4 Å². The summed E-state index contributed by atoms with van der Waals surface area (Å²) < 4.78 is 23.2. The van der Waals surface area contributed by atoms with Crippen LogP contribution in [0.3, 0.4) is 0 Å². The van der Waals surface area contributed by atoms with E-state index < -0.39 is 100 Å². The molecule has 0 aromatic heterocycles. The summed E-state index contributed by atoms with van der Waals surface area (Å²) in [6, 6.07) is 6.49. The van der Waals surface area contributed by atoms with Crippen LogP contribution >= 0.6 is 0 Å². The first kappa shape index (κ1) is 39.6. The Morgan fingerprint density at radius 3 is 2.21 bits per heavy atom. The van der Waals surface area contributed by atoms with Gasteiger partial charge in [-0.15, -0.1) is 0 Å². The van der Waals surface area contributed by atoms with E-state index in [2.05, 4.69) is 10.6 Å². The molecule has 14 nitrogen and oxygen atoms in total. The molecule has 2 amide bonds. The summed E-state index contributed by atoms with van der Waals surface area (Å²) in [5.74, 6) is -4.87. The van der Waals surface area contributed by atoms with Crippen molar-refractivity contribution in [3.8, 4) is 0 Å². The second-order valence-corrected chi connectivity index (χ2v) is 16.8. The average molecular weight is 731 g/mol. The Labute approximate surface area is 304 Å². The number of aldehydes is 1. The first-order valence-electron chi connectivity index (χ1n) is 18.0. The van der Waals surface area contributed by atoms with E-state index in [1.807, 2.05) is 0 Å². The fraction of sp³-hybridized carbons (Fsp3) is 0.711. The van der Waals surface area contributed by atoms with Crippen LogP contribution < -0.4 is 10.6 Å². The summed E-state index contributed by atoms with van der Waals surface area (Å²) in [4.78, 5) is 64.1. The van der Waals surface area contributed by atoms with E-state index in [1.165, 1.54) is 6.92 Å². The fourth-order valence-corrected chi connectivity index (χ4v) is 9.34. The van der Waals surface area contributed by atoms with Crippen LogP contribution in [0.15, 0.2) is 30.3 Å². The molecule has 14 heteroatoms. The van der Waals surface area contributed by atoms with Crippen molar-refractivity contribution >= 4 is 30.2 Å². The lowest BCUT2D eigenvalue weighted by Gasteiger charge is -2.62. The van der Waals surface area contributed by atoms with Crippen molar-refractivity contribution in [1.29, 1.82) is 0 Å². The maximum absolute atomic E-state index is 13.9. The van der Waals surface area contributed by atoms with Crippen molar-refractivity contribution in [1.82, 2.24) is 10.6 Å². The number of hydrogen-bond acceptors (Lipinski definition) is 12. The standard InChI is InChI=1S/C38H54N2O12/c1-19-25(51-33(46)31(44)30(22-12-10-9-11-13-22)39-34(47)40-35(4,5)6)16-38(48,36(7,8)28(19)26(17-41)50-20(2)42)32(45)29-24-14-23(24)15-27-37(29,18-49-27)52-21(3)43/h9-13,17,19,23-32,44-45,48H,14-16,18H2,1-8H3,(H2,39,40,47)/t19?,23-,24-,25-,26-,27+,28?,29+,30-,31+,32-,37-,38+/m0/s1. The molecule has 288 valence electrons. The molecule has 1 aromatic carbocycles. The maximum Gasteiger partial charge on any atom is 0.337 e. The number of hydrogen-bond donors (Lipinski definition) is 5. The number of aliphatic hydroxyl groups excluding tert-OH is 2. The third-order valence-electron chi connectivity index (χ3n) is 11.9. The molecular formula is C38H54N2O12. The van der Waals surface area contributed by atoms with E-state index in [9.17, 15) is 39.3 Å². The van der Waals surface area contributed by atoms with E-state index in [-0.39, 0.29) is 24.9 Å². The van der Waals surface area contributed by atoms with Gasteiger partial charge in [-0.1, -0.05) is 51.1 Å². The van der Waals surface area contributed by atoms with Gasteiger partial charge in [0, 0.05) is 49.0 Å². The molecule has 0 bridgehead atoms. The highest BCUT2D eigenvalue weighted by Gasteiger charge is 2.74. The van der Waals surface area contributed by atoms with Crippen molar-refractivity contribution in [3.63, 3.8) is 0 Å². The summed E-state index contributed by atoms with van der Waals surface area (Å²) in [6.45, 7) is 12.8. The molecule has 1 aliphatic heterocycles. The number of aliphatic hydroxyl groups is 3. The van der Waals surface area contributed by atoms with E-state index >= 15 is 0 Å². The van der Waals surface area contributed by atoms with Gasteiger partial charge in [0.1, 0.15) is 12.2 Å². The Kier molecular flexibility index (Phi) is 10.9. The summed E-state index contributed by atoms with van der Waals surface area (Å²) in [7, 11) is 0. The highest BCUT2D eigenvalue weighted by atomic mass is 16.6. The number of benzene rings is 1. The Morgan fingerprint density at radius 2 is 1.67 bits per heavy atom. The average Bonchev–Trinajstić information content (AvgIpc) is 3.81. The summed E-state index contributed by atoms with van der Waals surface area (Å²) in [5, 5.41) is 42.3. The minimum atomic E-state index is -2.12. The molecule has 4 fully saturated rings. The monoisotopic (exact) mass is 730 g/mol. The van der Waals surface area contributed by atoms with Gasteiger partial charge in [0.25, 0.3) is 0 Å². The third kappa shape index (κ3) is 7.31. The lowest BCUT2D eigenvalue weighted by atomic mass is 9.49. The number of esters is 3. The summed E-state index contributed by atoms with van der Waals surface area (Å²) in [5.41, 5.74) is -4.89. The quantitative estimate of drug-likeness (QED) is 0.126. The largest absolute Gasteiger partial charge is 0.460 e. The predicted molar refractivity (Wildman–Crippen MR) is 184 cm³/mol. The lowest BCUT2D eigenvalue weighted by molar-refractivity contribution is -0.324. The number of ether oxygens (including phenoxy) is 4. The van der Waals surface area contributed by atoms with Crippen LogP contribution in [0.2, 0.25) is 0 Å². The molecule has 1 heterocycles. The molecular weight excluding hydrogens is 676 g/mol. The fourth-order valence-electron chi connectivity index (χ4n) is 9.34. The van der Waals surface area contributed by atoms with Gasteiger partial charge >= 0.3 is 23.9 Å². The highest BCUT2D eigenvalue weighted by molar-refractivity contribution is 5.79. The Morgan fingerprint density at radius 1 is 1.02 bits per heavy atom. The molecule has 52 heavy (non-hydrogen) atoms. The van der Waals surface area contributed by atoms with Crippen LogP contribution in [0.5, 0.6) is 0 Å². The van der Waals surface area contributed by atoms with Crippen LogP contribution in [0.25, 0.3) is 0 Å². The van der Waals surface area contributed by atoms with Gasteiger partial charge in [0.05, 0.1) is 24.4 Å². The maximum atomic E-state index is 13.9. The molecule has 3 aliphatic carbocycles. The highest BCUT2D eigenvalue weighted by Crippen LogP contribution is 2.65. The van der Waals surface area contributed by atoms with Crippen molar-refractivity contribution in [3.05, 3.63) is 35.9 Å². The van der Waals surface area contributed by atoms with Crippen LogP contribution in [0, 0.1) is 35.0 Å². The molecule has 0 radical (unpaired) electrons. The summed E-state index contributed by atoms with van der Waals surface area (Å²) >= 11 is 0. The molecule has 3 saturated carbocycles. The zero-order chi connectivity index (χ0) is 38.6. The van der Waals surface area contributed by atoms with E-state index in [0.717, 1.165) is 13.3 Å². The zero-order valence-corrected chi connectivity index (χ0v) is 31.2. The molecule has 1 aromatic rings. The normalized spacial score (nSPS) is 35.4. The number of nitrogens with one attached hydrogen (secondary N) is 2. The van der Waals surface area contributed by atoms with Crippen molar-refractivity contribution in [2.45, 2.75) is 128 Å². The minimum Gasteiger partial charge on any atom is -0.460 e. The minimum absolute atomic E-state index is 0.0320. The van der Waals surface area contributed by atoms with Crippen LogP contribution in [-0.2, 0) is 38.1 Å². The molecule has 5 rings (SSSR count). The second kappa shape index (κ2) is 14.3. The molecule has 5 N–H and O–H groups in total. The number of carbonyl (C=O) groups excluding carboxylic acids is 5. The molecule has 0 spiro atoms. The van der Waals surface area contributed by atoms with E-state index in [0.29, 0.717) is 18.3 Å². The SMILES string of the molecule is CC(=O)O[C@@H](C=O)C1C(C)[C@@H](OC(=O)[C@H](O)[C@@H](NC(=O)NC(C)(C)C)c2ccccc2)C[C@@](O)([C@@H](O)[C@H]2[C@H]3C[C@H]3C[C@H]3OC[C@@]23OC(C)=O)C1(C)C. The van der Waals surface area contributed by atoms with Crippen molar-refractivity contribution < 1.29 is 58.2 Å². The predicted octanol–water partition coefficient (Wildman–Crippen LogP) is 2.36. The first-order valence-corrected chi connectivity index (χ1v) is 18.0. The Balaban J connectivity index is 1.51. The number of amides is 2. The van der Waals surface area contributed by atoms with E-state index in [4.69, 9.17) is 18.9 Å². The molecule has 13 atom stereocenters. The van der Waals surface area contributed by atoms with Gasteiger partial charge in [0.15, 0.2) is 24.1 Å².